The van der Waals surface area contributed by atoms with Gasteiger partial charge in [0.15, 0.2) is 0 Å². The van der Waals surface area contributed by atoms with Gasteiger partial charge in [-0.2, -0.15) is 26.3 Å². The van der Waals surface area contributed by atoms with Gasteiger partial charge in [0.2, 0.25) is 0 Å². The second kappa shape index (κ2) is 22.6. The van der Waals surface area contributed by atoms with E-state index in [-0.39, 0.29) is 82.6 Å². The first-order chi connectivity index (χ1) is 35.3. The topological polar surface area (TPSA) is 99.5 Å². The minimum Gasteiger partial charge on any atom is -0.490 e. The Kier molecular flexibility index (Phi) is 16.5. The van der Waals surface area contributed by atoms with Gasteiger partial charge in [-0.3, -0.25) is 19.4 Å². The van der Waals surface area contributed by atoms with E-state index in [1.165, 1.54) is 12.1 Å². The smallest absolute Gasteiger partial charge is 0.420 e. The van der Waals surface area contributed by atoms with Gasteiger partial charge in [0.1, 0.15) is 22.6 Å². The minimum atomic E-state index is -4.52. The maximum Gasteiger partial charge on any atom is 0.420 e. The van der Waals surface area contributed by atoms with Crippen molar-refractivity contribution in [3.05, 3.63) is 82.9 Å². The van der Waals surface area contributed by atoms with E-state index in [2.05, 4.69) is 37.5 Å². The molecule has 0 radical (unpaired) electrons. The third-order valence-electron chi connectivity index (χ3n) is 18.5. The van der Waals surface area contributed by atoms with E-state index in [0.29, 0.717) is 48.3 Å². The molecule has 404 valence electrons. The van der Waals surface area contributed by atoms with Gasteiger partial charge in [0.05, 0.1) is 24.0 Å². The van der Waals surface area contributed by atoms with Crippen LogP contribution in [0.3, 0.4) is 0 Å². The summed E-state index contributed by atoms with van der Waals surface area (Å²) in [5.74, 6) is -0.879. The number of rotatable bonds is 12. The van der Waals surface area contributed by atoms with Crippen LogP contribution >= 0.6 is 0 Å². The molecule has 6 atom stereocenters. The number of hydrogen-bond donors (Lipinski definition) is 2. The molecule has 14 heteroatoms. The Balaban J connectivity index is 0.000000182. The van der Waals surface area contributed by atoms with Crippen molar-refractivity contribution in [2.75, 3.05) is 0 Å². The fraction of sp³-hybridized carbons (Fsp3) is 0.633. The van der Waals surface area contributed by atoms with Crippen molar-refractivity contribution in [3.8, 4) is 11.5 Å². The minimum absolute atomic E-state index is 0.00783. The summed E-state index contributed by atoms with van der Waals surface area (Å²) in [5, 5.41) is 20.6. The fourth-order valence-corrected chi connectivity index (χ4v) is 14.5. The summed E-state index contributed by atoms with van der Waals surface area (Å²) in [7, 11) is 0. The quantitative estimate of drug-likeness (QED) is 0.135. The van der Waals surface area contributed by atoms with Crippen LogP contribution in [0.15, 0.2) is 60.7 Å². The van der Waals surface area contributed by atoms with Crippen LogP contribution in [0.5, 0.6) is 11.5 Å². The highest BCUT2D eigenvalue weighted by atomic mass is 19.4. The van der Waals surface area contributed by atoms with E-state index in [4.69, 9.17) is 9.47 Å². The molecule has 4 heterocycles. The molecule has 4 unspecified atom stereocenters. The molecule has 4 saturated heterocycles. The Bertz CT molecular complexity index is 2400. The van der Waals surface area contributed by atoms with Crippen LogP contribution in [-0.4, -0.2) is 68.3 Å². The number of carboxylic acid groups (broad SMARTS) is 2. The first-order valence-electron chi connectivity index (χ1n) is 27.9. The Hall–Kier alpha value is -4.56. The zero-order valence-electron chi connectivity index (χ0n) is 43.5. The number of hydrogen-bond acceptors (Lipinski definition) is 6. The molecule has 0 aromatic heterocycles. The second-order valence-electron chi connectivity index (χ2n) is 22.9. The molecule has 4 aromatic rings. The lowest BCUT2D eigenvalue weighted by molar-refractivity contribution is -0.147. The molecule has 0 spiro atoms. The lowest BCUT2D eigenvalue weighted by atomic mass is 9.77. The van der Waals surface area contributed by atoms with Crippen molar-refractivity contribution in [1.82, 2.24) is 9.80 Å². The van der Waals surface area contributed by atoms with Gasteiger partial charge in [-0.05, 0) is 185 Å². The molecule has 2 saturated carbocycles. The summed E-state index contributed by atoms with van der Waals surface area (Å²) in [5.41, 5.74) is 0.581. The molecule has 2 aliphatic carbocycles. The fourth-order valence-electron chi connectivity index (χ4n) is 14.5. The molecule has 10 rings (SSSR count). The number of fused-ring (bicyclic) bond motifs is 6. The maximum absolute atomic E-state index is 14.3. The molecule has 4 aromatic carbocycles. The number of carbonyl (C=O) groups is 2. The summed E-state index contributed by atoms with van der Waals surface area (Å²) in [4.78, 5) is 28.2. The number of ether oxygens (including phenoxy) is 2. The van der Waals surface area contributed by atoms with Gasteiger partial charge in [-0.25, -0.2) is 0 Å². The highest BCUT2D eigenvalue weighted by Crippen LogP contribution is 2.48. The Morgan fingerprint density at radius 1 is 0.527 bits per heavy atom. The summed E-state index contributed by atoms with van der Waals surface area (Å²) in [6.07, 6.45) is 8.68. The van der Waals surface area contributed by atoms with Gasteiger partial charge in [-0.1, -0.05) is 75.9 Å². The first kappa shape index (κ1) is 54.2. The van der Waals surface area contributed by atoms with Gasteiger partial charge in [-0.15, -0.1) is 0 Å². The Morgan fingerprint density at radius 2 is 0.865 bits per heavy atom. The van der Waals surface area contributed by atoms with E-state index in [0.717, 1.165) is 114 Å². The van der Waals surface area contributed by atoms with E-state index >= 15 is 0 Å². The number of nitrogens with zero attached hydrogens (tertiary/aromatic N) is 2. The van der Waals surface area contributed by atoms with Crippen molar-refractivity contribution in [3.63, 3.8) is 0 Å². The number of alkyl halides is 6. The zero-order chi connectivity index (χ0) is 52.6. The van der Waals surface area contributed by atoms with Crippen molar-refractivity contribution in [2.24, 2.45) is 23.7 Å². The average Bonchev–Trinajstić information content (AvgIpc) is 3.37. The number of carboxylic acids is 2. The first-order valence-corrected chi connectivity index (χ1v) is 27.9. The molecule has 0 amide bonds. The highest BCUT2D eigenvalue weighted by molar-refractivity contribution is 5.90. The highest BCUT2D eigenvalue weighted by Gasteiger charge is 2.45. The van der Waals surface area contributed by atoms with Gasteiger partial charge in [0.25, 0.3) is 0 Å². The normalized spacial score (nSPS) is 29.7. The van der Waals surface area contributed by atoms with Crippen LogP contribution in [0.1, 0.15) is 190 Å². The lowest BCUT2D eigenvalue weighted by Crippen LogP contribution is -2.53. The number of benzene rings is 4. The Labute approximate surface area is 432 Å². The number of aliphatic carboxylic acids is 2. The standard InChI is InChI=1S/2C30H38F3NO3/c2*1-3-19-7-11-25(12-8-19)37-27-14-10-21-15-20(9-13-26(21)28(27)30(31,32)33)18(2)34-23-5-4-6-24(34)17-22(16-23)29(35)36/h2*9-10,13-15,18-19,22-25H,3-8,11-12,16-17H2,1-2H3,(H,35,36)/t2*18-,19?,22?,23?,24?,25?/m10/s1. The van der Waals surface area contributed by atoms with E-state index in [1.54, 1.807) is 24.3 Å². The molecule has 4 aliphatic heterocycles. The van der Waals surface area contributed by atoms with E-state index in [1.807, 2.05) is 24.3 Å². The van der Waals surface area contributed by atoms with Gasteiger partial charge < -0.3 is 19.7 Å². The molecule has 6 fully saturated rings. The number of halogens is 6. The average molecular weight is 1040 g/mol. The SMILES string of the molecule is CCC1CCC(Oc2ccc3cc([C@@H](C)N4C5CCCC4CC(C(=O)O)C5)ccc3c2C(F)(F)F)CC1.CCC1CCC(Oc2ccc3cc([C@H](C)N4C5CCCC4CC(C(=O)O)C5)ccc3c2C(F)(F)F)CC1. The second-order valence-corrected chi connectivity index (χ2v) is 22.9. The molecular weight excluding hydrogens is 959 g/mol. The number of piperidine rings is 4. The molecular formula is C60H76F6N2O6. The van der Waals surface area contributed by atoms with Gasteiger partial charge in [0, 0.05) is 36.3 Å². The van der Waals surface area contributed by atoms with Crippen molar-refractivity contribution in [2.45, 2.75) is 217 Å². The summed E-state index contributed by atoms with van der Waals surface area (Å²) < 4.78 is 97.9. The predicted molar refractivity (Wildman–Crippen MR) is 275 cm³/mol. The van der Waals surface area contributed by atoms with Crippen LogP contribution in [0, 0.1) is 23.7 Å². The summed E-state index contributed by atoms with van der Waals surface area (Å²) in [6.45, 7) is 8.53. The van der Waals surface area contributed by atoms with E-state index in [9.17, 15) is 46.1 Å². The van der Waals surface area contributed by atoms with Crippen molar-refractivity contribution in [1.29, 1.82) is 0 Å². The van der Waals surface area contributed by atoms with Crippen LogP contribution in [0.25, 0.3) is 21.5 Å². The molecule has 6 aliphatic rings. The van der Waals surface area contributed by atoms with Crippen LogP contribution < -0.4 is 9.47 Å². The molecule has 74 heavy (non-hydrogen) atoms. The van der Waals surface area contributed by atoms with Crippen LogP contribution in [0.4, 0.5) is 26.3 Å². The molecule has 2 N–H and O–H groups in total. The predicted octanol–water partition coefficient (Wildman–Crippen LogP) is 16.0. The van der Waals surface area contributed by atoms with Crippen LogP contribution in [-0.2, 0) is 21.9 Å². The van der Waals surface area contributed by atoms with Crippen molar-refractivity contribution >= 4 is 33.5 Å². The van der Waals surface area contributed by atoms with Crippen molar-refractivity contribution < 1.29 is 55.6 Å². The Morgan fingerprint density at radius 3 is 1.16 bits per heavy atom. The zero-order valence-corrected chi connectivity index (χ0v) is 43.5. The summed E-state index contributed by atoms with van der Waals surface area (Å²) in [6, 6.07) is 17.9. The van der Waals surface area contributed by atoms with Gasteiger partial charge >= 0.3 is 24.3 Å². The third kappa shape index (κ3) is 11.7. The van der Waals surface area contributed by atoms with Crippen LogP contribution in [0.2, 0.25) is 0 Å². The summed E-state index contributed by atoms with van der Waals surface area (Å²) >= 11 is 0. The lowest BCUT2D eigenvalue weighted by Gasteiger charge is -2.51. The monoisotopic (exact) mass is 1030 g/mol. The molecule has 4 bridgehead atoms. The maximum atomic E-state index is 14.3. The van der Waals surface area contributed by atoms with E-state index < -0.39 is 35.4 Å². The largest absolute Gasteiger partial charge is 0.490 e. The molecule has 8 nitrogen and oxygen atoms in total. The third-order valence-corrected chi connectivity index (χ3v) is 18.5.